The normalized spacial score (nSPS) is 21.2. The molecule has 1 unspecified atom stereocenters. The van der Waals surface area contributed by atoms with Crippen molar-refractivity contribution in [3.8, 4) is 11.4 Å². The molecule has 1 aromatic heterocycles. The fourth-order valence-electron chi connectivity index (χ4n) is 3.24. The molecule has 0 amide bonds. The summed E-state index contributed by atoms with van der Waals surface area (Å²) in [5, 5.41) is 12.4. The van der Waals surface area contributed by atoms with E-state index < -0.39 is 0 Å². The van der Waals surface area contributed by atoms with Gasteiger partial charge in [0.2, 0.25) is 0 Å². The summed E-state index contributed by atoms with van der Waals surface area (Å²) in [4.78, 5) is 0. The maximum Gasteiger partial charge on any atom is 0.182 e. The van der Waals surface area contributed by atoms with Crippen molar-refractivity contribution in [2.24, 2.45) is 5.41 Å². The fourth-order valence-corrected chi connectivity index (χ4v) is 3.24. The van der Waals surface area contributed by atoms with E-state index in [4.69, 9.17) is 5.73 Å². The first kappa shape index (κ1) is 13.1. The fraction of sp³-hybridized carbons (Fsp3) is 0.533. The van der Waals surface area contributed by atoms with Crippen molar-refractivity contribution in [3.63, 3.8) is 0 Å². The Balaban J connectivity index is 2.09. The van der Waals surface area contributed by atoms with Crippen LogP contribution in [0.2, 0.25) is 0 Å². The van der Waals surface area contributed by atoms with E-state index in [0.29, 0.717) is 6.04 Å². The summed E-state index contributed by atoms with van der Waals surface area (Å²) in [7, 11) is 0. The Morgan fingerprint density at radius 3 is 2.85 bits per heavy atom. The van der Waals surface area contributed by atoms with Crippen molar-refractivity contribution in [2.45, 2.75) is 46.1 Å². The van der Waals surface area contributed by atoms with Gasteiger partial charge in [-0.25, -0.2) is 4.68 Å². The zero-order chi connectivity index (χ0) is 14.3. The summed E-state index contributed by atoms with van der Waals surface area (Å²) < 4.78 is 1.99. The number of nitrogens with two attached hydrogens (primary N) is 1. The number of nitrogens with zero attached hydrogens (tertiary/aromatic N) is 4. The molecule has 1 heterocycles. The summed E-state index contributed by atoms with van der Waals surface area (Å²) in [6.45, 7) is 6.61. The van der Waals surface area contributed by atoms with E-state index in [2.05, 4.69) is 29.4 Å². The number of tetrazole rings is 1. The van der Waals surface area contributed by atoms with Crippen LogP contribution >= 0.6 is 0 Å². The van der Waals surface area contributed by atoms with Gasteiger partial charge in [0.15, 0.2) is 5.82 Å². The summed E-state index contributed by atoms with van der Waals surface area (Å²) in [6, 6.07) is 6.26. The molecule has 3 rings (SSSR count). The number of nitrogen functional groups attached to an aromatic ring is 1. The van der Waals surface area contributed by atoms with Crippen LogP contribution in [0.3, 0.4) is 0 Å². The van der Waals surface area contributed by atoms with Gasteiger partial charge in [-0.15, -0.1) is 5.10 Å². The minimum atomic E-state index is 0.234. The quantitative estimate of drug-likeness (QED) is 0.852. The minimum absolute atomic E-state index is 0.234. The summed E-state index contributed by atoms with van der Waals surface area (Å²) in [5.74, 6) is 0.828. The van der Waals surface area contributed by atoms with Crippen LogP contribution in [-0.4, -0.2) is 20.2 Å². The van der Waals surface area contributed by atoms with Crippen LogP contribution in [0.4, 0.5) is 5.69 Å². The van der Waals surface area contributed by atoms with Crippen molar-refractivity contribution in [1.82, 2.24) is 20.2 Å². The SMILES string of the molecule is Cc1c(N)cccc1-c1nnnn1C1CCCC1(C)C. The first-order valence-electron chi connectivity index (χ1n) is 7.14. The molecule has 20 heavy (non-hydrogen) atoms. The second-order valence-corrected chi connectivity index (χ2v) is 6.36. The van der Waals surface area contributed by atoms with Crippen LogP contribution in [0.25, 0.3) is 11.4 Å². The van der Waals surface area contributed by atoms with Gasteiger partial charge < -0.3 is 5.73 Å². The molecule has 2 aromatic rings. The highest BCUT2D eigenvalue weighted by atomic mass is 15.6. The Labute approximate surface area is 119 Å². The van der Waals surface area contributed by atoms with E-state index in [1.54, 1.807) is 0 Å². The van der Waals surface area contributed by atoms with E-state index in [0.717, 1.165) is 29.1 Å². The van der Waals surface area contributed by atoms with Crippen LogP contribution < -0.4 is 5.73 Å². The van der Waals surface area contributed by atoms with Crippen LogP contribution in [0.15, 0.2) is 18.2 Å². The molecule has 1 aromatic carbocycles. The molecule has 1 aliphatic carbocycles. The van der Waals surface area contributed by atoms with E-state index in [9.17, 15) is 0 Å². The first-order valence-corrected chi connectivity index (χ1v) is 7.14. The third-order valence-electron chi connectivity index (χ3n) is 4.61. The largest absolute Gasteiger partial charge is 0.398 e. The molecule has 2 N–H and O–H groups in total. The van der Waals surface area contributed by atoms with E-state index in [1.165, 1.54) is 12.8 Å². The highest BCUT2D eigenvalue weighted by molar-refractivity contribution is 5.67. The molecular formula is C15H21N5. The predicted octanol–water partition coefficient (Wildman–Crippen LogP) is 2.98. The zero-order valence-electron chi connectivity index (χ0n) is 12.3. The Kier molecular flexibility index (Phi) is 3.00. The lowest BCUT2D eigenvalue weighted by Gasteiger charge is -2.27. The smallest absolute Gasteiger partial charge is 0.182 e. The number of benzene rings is 1. The third-order valence-corrected chi connectivity index (χ3v) is 4.61. The van der Waals surface area contributed by atoms with E-state index >= 15 is 0 Å². The topological polar surface area (TPSA) is 69.6 Å². The van der Waals surface area contributed by atoms with Gasteiger partial charge in [-0.1, -0.05) is 32.4 Å². The molecular weight excluding hydrogens is 250 g/mol. The Morgan fingerprint density at radius 1 is 1.35 bits per heavy atom. The second-order valence-electron chi connectivity index (χ2n) is 6.36. The average molecular weight is 271 g/mol. The highest BCUT2D eigenvalue weighted by Gasteiger charge is 2.38. The van der Waals surface area contributed by atoms with Crippen molar-refractivity contribution < 1.29 is 0 Å². The maximum atomic E-state index is 6.01. The molecule has 0 radical (unpaired) electrons. The third kappa shape index (κ3) is 1.97. The van der Waals surface area contributed by atoms with Gasteiger partial charge in [-0.05, 0) is 47.2 Å². The standard InChI is InChI=1S/C15H21N5/c1-10-11(6-4-7-12(10)16)14-17-18-19-20(14)13-8-5-9-15(13,2)3/h4,6-7,13H,5,8-9,16H2,1-3H3. The average Bonchev–Trinajstić information content (AvgIpc) is 2.98. The molecule has 0 aliphatic heterocycles. The number of anilines is 1. The lowest BCUT2D eigenvalue weighted by atomic mass is 9.87. The van der Waals surface area contributed by atoms with Gasteiger partial charge in [-0.2, -0.15) is 0 Å². The van der Waals surface area contributed by atoms with E-state index in [-0.39, 0.29) is 5.41 Å². The number of rotatable bonds is 2. The van der Waals surface area contributed by atoms with Crippen molar-refractivity contribution in [1.29, 1.82) is 0 Å². The van der Waals surface area contributed by atoms with Gasteiger partial charge in [0.1, 0.15) is 0 Å². The summed E-state index contributed by atoms with van der Waals surface area (Å²) >= 11 is 0. The Morgan fingerprint density at radius 2 is 2.15 bits per heavy atom. The predicted molar refractivity (Wildman–Crippen MR) is 79.1 cm³/mol. The summed E-state index contributed by atoms with van der Waals surface area (Å²) in [5.41, 5.74) is 9.09. The molecule has 5 nitrogen and oxygen atoms in total. The molecule has 0 saturated heterocycles. The molecule has 0 spiro atoms. The summed E-state index contributed by atoms with van der Waals surface area (Å²) in [6.07, 6.45) is 3.58. The Bertz CT molecular complexity index is 629. The van der Waals surface area contributed by atoms with Crippen molar-refractivity contribution >= 4 is 5.69 Å². The molecule has 106 valence electrons. The molecule has 1 fully saturated rings. The van der Waals surface area contributed by atoms with Gasteiger partial charge >= 0.3 is 0 Å². The maximum absolute atomic E-state index is 6.01. The highest BCUT2D eigenvalue weighted by Crippen LogP contribution is 2.46. The second kappa shape index (κ2) is 4.58. The van der Waals surface area contributed by atoms with E-state index in [1.807, 2.05) is 29.8 Å². The first-order chi connectivity index (χ1) is 9.50. The van der Waals surface area contributed by atoms with Gasteiger partial charge in [0.25, 0.3) is 0 Å². The molecule has 0 bridgehead atoms. The molecule has 5 heteroatoms. The van der Waals surface area contributed by atoms with Crippen LogP contribution in [0.5, 0.6) is 0 Å². The monoisotopic (exact) mass is 271 g/mol. The molecule has 1 atom stereocenters. The zero-order valence-corrected chi connectivity index (χ0v) is 12.3. The number of aromatic nitrogens is 4. The van der Waals surface area contributed by atoms with Crippen molar-refractivity contribution in [3.05, 3.63) is 23.8 Å². The van der Waals surface area contributed by atoms with Gasteiger partial charge in [0.05, 0.1) is 6.04 Å². The molecule has 1 aliphatic rings. The minimum Gasteiger partial charge on any atom is -0.398 e. The van der Waals surface area contributed by atoms with Crippen LogP contribution in [-0.2, 0) is 0 Å². The van der Waals surface area contributed by atoms with Gasteiger partial charge in [0, 0.05) is 11.3 Å². The number of hydrogen-bond acceptors (Lipinski definition) is 4. The Hall–Kier alpha value is -1.91. The van der Waals surface area contributed by atoms with Crippen molar-refractivity contribution in [2.75, 3.05) is 5.73 Å². The number of hydrogen-bond donors (Lipinski definition) is 1. The molecule has 1 saturated carbocycles. The van der Waals surface area contributed by atoms with Gasteiger partial charge in [-0.3, -0.25) is 0 Å². The van der Waals surface area contributed by atoms with Crippen LogP contribution in [0, 0.1) is 12.3 Å². The van der Waals surface area contributed by atoms with Crippen LogP contribution in [0.1, 0.15) is 44.7 Å². The lowest BCUT2D eigenvalue weighted by molar-refractivity contribution is 0.242. The lowest BCUT2D eigenvalue weighted by Crippen LogP contribution is -2.23.